The van der Waals surface area contributed by atoms with E-state index >= 15 is 0 Å². The summed E-state index contributed by atoms with van der Waals surface area (Å²) in [7, 11) is 2.85. The van der Waals surface area contributed by atoms with Crippen molar-refractivity contribution in [3.8, 4) is 41.8 Å². The predicted octanol–water partition coefficient (Wildman–Crippen LogP) is 15.6. The minimum absolute atomic E-state index is 0.207. The topological polar surface area (TPSA) is 84.9 Å². The number of aryl methyl sites for hydroxylation is 2. The first kappa shape index (κ1) is 45.1. The molecule has 8 nitrogen and oxygen atoms in total. The summed E-state index contributed by atoms with van der Waals surface area (Å²) in [6, 6.07) is 68.0. The number of aromatic nitrogens is 2. The monoisotopic (exact) mass is 958 g/mol. The van der Waals surface area contributed by atoms with Crippen LogP contribution in [-0.4, -0.2) is 34.9 Å². The van der Waals surface area contributed by atoms with E-state index in [4.69, 9.17) is 18.2 Å². The number of methoxy groups -OCH3 is 2. The van der Waals surface area contributed by atoms with Gasteiger partial charge in [-0.3, -0.25) is 9.59 Å². The van der Waals surface area contributed by atoms with Crippen LogP contribution in [0.2, 0.25) is 0 Å². The van der Waals surface area contributed by atoms with Crippen molar-refractivity contribution in [1.82, 2.24) is 8.75 Å². The van der Waals surface area contributed by atoms with Crippen molar-refractivity contribution < 1.29 is 19.1 Å². The van der Waals surface area contributed by atoms with Crippen LogP contribution in [0.1, 0.15) is 24.0 Å². The van der Waals surface area contributed by atoms with Gasteiger partial charge in [-0.15, -0.1) is 22.7 Å². The molecule has 340 valence electrons. The number of hydrogen-bond acceptors (Lipinski definition) is 11. The molecule has 0 spiro atoms. The number of esters is 2. The molecule has 11 heteroatoms. The van der Waals surface area contributed by atoms with Crippen molar-refractivity contribution in [2.24, 2.45) is 0 Å². The maximum Gasteiger partial charge on any atom is 0.305 e. The molecule has 69 heavy (non-hydrogen) atoms. The molecule has 0 saturated carbocycles. The minimum Gasteiger partial charge on any atom is -0.469 e. The Kier molecular flexibility index (Phi) is 13.5. The second-order valence-corrected chi connectivity index (χ2v) is 19.1. The summed E-state index contributed by atoms with van der Waals surface area (Å²) < 4.78 is 19.3. The Labute approximate surface area is 413 Å². The van der Waals surface area contributed by atoms with Crippen LogP contribution in [0.3, 0.4) is 0 Å². The van der Waals surface area contributed by atoms with Crippen LogP contribution in [-0.2, 0) is 31.9 Å². The molecule has 7 aromatic carbocycles. The van der Waals surface area contributed by atoms with Crippen molar-refractivity contribution >= 4 is 91.5 Å². The smallest absolute Gasteiger partial charge is 0.305 e. The van der Waals surface area contributed by atoms with E-state index in [0.717, 1.165) is 88.3 Å². The Bertz CT molecular complexity index is 3110. The Hall–Kier alpha value is -7.70. The number of rotatable bonds is 16. The lowest BCUT2D eigenvalue weighted by atomic mass is 10.1. The average Bonchev–Trinajstić information content (AvgIpc) is 4.22. The molecule has 0 saturated heterocycles. The lowest BCUT2D eigenvalue weighted by Gasteiger charge is -2.25. The van der Waals surface area contributed by atoms with Gasteiger partial charge in [0, 0.05) is 77.6 Å². The normalized spacial score (nSPS) is 11.1. The highest BCUT2D eigenvalue weighted by molar-refractivity contribution is 7.19. The largest absolute Gasteiger partial charge is 0.469 e. The Morgan fingerprint density at radius 1 is 0.406 bits per heavy atom. The average molecular weight is 959 g/mol. The van der Waals surface area contributed by atoms with Crippen molar-refractivity contribution in [2.45, 2.75) is 25.7 Å². The molecular weight excluding hydrogens is 913 g/mol. The first-order valence-corrected chi connectivity index (χ1v) is 25.0. The third kappa shape index (κ3) is 9.98. The van der Waals surface area contributed by atoms with Crippen LogP contribution in [0.4, 0.5) is 34.1 Å². The van der Waals surface area contributed by atoms with E-state index in [-0.39, 0.29) is 11.9 Å². The molecule has 3 heterocycles. The van der Waals surface area contributed by atoms with Crippen LogP contribution in [0.15, 0.2) is 194 Å². The Morgan fingerprint density at radius 3 is 1.10 bits per heavy atom. The quantitative estimate of drug-likeness (QED) is 0.0886. The van der Waals surface area contributed by atoms with Crippen LogP contribution in [0.5, 0.6) is 0 Å². The lowest BCUT2D eigenvalue weighted by molar-refractivity contribution is -0.141. The van der Waals surface area contributed by atoms with E-state index < -0.39 is 0 Å². The fourth-order valence-corrected chi connectivity index (χ4v) is 11.1. The SMILES string of the molecule is COC(=O)CCc1ccc(N(c2ccccc2)c2ccc(-c3ccc(-c4ccc(-c5ccc(-c6ccc(N(c7ccccc7)c7ccc(CCC(=O)OC)cc7)cc6)s5)c5nsnc45)s3)cc2)cc1. The molecule has 0 fully saturated rings. The zero-order chi connectivity index (χ0) is 47.1. The number of hydrogen-bond donors (Lipinski definition) is 0. The van der Waals surface area contributed by atoms with Gasteiger partial charge >= 0.3 is 11.9 Å². The van der Waals surface area contributed by atoms with Crippen molar-refractivity contribution in [3.05, 3.63) is 205 Å². The Balaban J connectivity index is 0.863. The Morgan fingerprint density at radius 2 is 0.739 bits per heavy atom. The number of fused-ring (bicyclic) bond motifs is 1. The van der Waals surface area contributed by atoms with Gasteiger partial charge in [0.2, 0.25) is 0 Å². The standard InChI is InChI=1S/C58H46N4O4S3/c1-65-55(63)37-17-39-13-23-45(24-14-39)61(43-9-5-3-6-10-43)47-27-19-41(20-28-47)51-33-35-53(67-51)49-31-32-50(58-57(49)59-69-60-58)54-36-34-52(68-54)42-21-29-48(30-22-42)62(44-11-7-4-8-12-44)46-25-15-40(16-26-46)18-38-56(64)66-2/h3-16,19-36H,17-18,37-38H2,1-2H3. The van der Waals surface area contributed by atoms with Crippen LogP contribution < -0.4 is 9.80 Å². The van der Waals surface area contributed by atoms with E-state index in [1.54, 1.807) is 22.7 Å². The van der Waals surface area contributed by atoms with Gasteiger partial charge in [-0.25, -0.2) is 0 Å². The van der Waals surface area contributed by atoms with Gasteiger partial charge in [0.05, 0.1) is 25.9 Å². The number of para-hydroxylation sites is 2. The highest BCUT2D eigenvalue weighted by Crippen LogP contribution is 2.44. The molecule has 0 aliphatic carbocycles. The molecule has 0 aliphatic rings. The number of ether oxygens (including phenoxy) is 2. The second kappa shape index (κ2) is 20.7. The number of anilines is 6. The summed E-state index contributed by atoms with van der Waals surface area (Å²) in [6.45, 7) is 0. The summed E-state index contributed by atoms with van der Waals surface area (Å²) >= 11 is 4.76. The fraction of sp³-hybridized carbons (Fsp3) is 0.103. The molecular formula is C58H46N4O4S3. The predicted molar refractivity (Wildman–Crippen MR) is 285 cm³/mol. The number of nitrogens with zero attached hydrogens (tertiary/aromatic N) is 4. The molecule has 0 atom stereocenters. The molecule has 0 amide bonds. The maximum absolute atomic E-state index is 11.7. The van der Waals surface area contributed by atoms with Gasteiger partial charge in [0.15, 0.2) is 0 Å². The van der Waals surface area contributed by atoms with Gasteiger partial charge in [-0.05, 0) is 132 Å². The van der Waals surface area contributed by atoms with E-state index in [1.807, 2.05) is 12.1 Å². The minimum atomic E-state index is -0.207. The van der Waals surface area contributed by atoms with Gasteiger partial charge in [-0.2, -0.15) is 8.75 Å². The molecule has 0 N–H and O–H groups in total. The van der Waals surface area contributed by atoms with Crippen LogP contribution in [0.25, 0.3) is 52.8 Å². The first-order valence-electron chi connectivity index (χ1n) is 22.6. The van der Waals surface area contributed by atoms with Gasteiger partial charge in [0.25, 0.3) is 0 Å². The second-order valence-electron chi connectivity index (χ2n) is 16.4. The number of carbonyl (C=O) groups excluding carboxylic acids is 2. The van der Waals surface area contributed by atoms with Gasteiger partial charge in [-0.1, -0.05) is 97.1 Å². The number of benzene rings is 7. The summed E-state index contributed by atoms with van der Waals surface area (Å²) in [5.41, 5.74) is 14.7. The number of thiophene rings is 2. The third-order valence-electron chi connectivity index (χ3n) is 12.1. The van der Waals surface area contributed by atoms with E-state index in [9.17, 15) is 9.59 Å². The molecule has 3 aromatic heterocycles. The fourth-order valence-electron chi connectivity index (χ4n) is 8.46. The summed E-state index contributed by atoms with van der Waals surface area (Å²) in [6.07, 6.45) is 1.97. The van der Waals surface area contributed by atoms with E-state index in [1.165, 1.54) is 35.7 Å². The first-order chi connectivity index (χ1) is 33.9. The third-order valence-corrected chi connectivity index (χ3v) is 15.0. The molecule has 0 aliphatic heterocycles. The summed E-state index contributed by atoms with van der Waals surface area (Å²) in [5, 5.41) is 0. The molecule has 10 rings (SSSR count). The summed E-state index contributed by atoms with van der Waals surface area (Å²) in [4.78, 5) is 32.6. The van der Waals surface area contributed by atoms with E-state index in [0.29, 0.717) is 25.7 Å². The van der Waals surface area contributed by atoms with Crippen LogP contribution >= 0.6 is 34.4 Å². The van der Waals surface area contributed by atoms with Gasteiger partial charge in [0.1, 0.15) is 11.0 Å². The number of carbonyl (C=O) groups is 2. The van der Waals surface area contributed by atoms with E-state index in [2.05, 4.69) is 192 Å². The summed E-state index contributed by atoms with van der Waals surface area (Å²) in [5.74, 6) is -0.414. The van der Waals surface area contributed by atoms with Crippen molar-refractivity contribution in [1.29, 1.82) is 0 Å². The van der Waals surface area contributed by atoms with Gasteiger partial charge < -0.3 is 19.3 Å². The van der Waals surface area contributed by atoms with Crippen LogP contribution in [0, 0.1) is 0 Å². The molecule has 0 bridgehead atoms. The zero-order valence-electron chi connectivity index (χ0n) is 38.0. The molecule has 10 aromatic rings. The van der Waals surface area contributed by atoms with Crippen molar-refractivity contribution in [2.75, 3.05) is 24.0 Å². The lowest BCUT2D eigenvalue weighted by Crippen LogP contribution is -2.10. The maximum atomic E-state index is 11.7. The highest BCUT2D eigenvalue weighted by atomic mass is 32.1. The zero-order valence-corrected chi connectivity index (χ0v) is 40.4. The van der Waals surface area contributed by atoms with Crippen molar-refractivity contribution in [3.63, 3.8) is 0 Å². The highest BCUT2D eigenvalue weighted by Gasteiger charge is 2.19. The molecule has 0 radical (unpaired) electrons. The molecule has 0 unspecified atom stereocenters.